The number of hydrogen-bond acceptors (Lipinski definition) is 6. The normalized spacial score (nSPS) is 21.1. The van der Waals surface area contributed by atoms with E-state index in [0.29, 0.717) is 11.6 Å². The number of rotatable bonds is 3. The summed E-state index contributed by atoms with van der Waals surface area (Å²) in [5.74, 6) is 0. The Morgan fingerprint density at radius 2 is 2.08 bits per heavy atom. The van der Waals surface area contributed by atoms with Gasteiger partial charge in [0.25, 0.3) is 0 Å². The van der Waals surface area contributed by atoms with Gasteiger partial charge in [-0.3, -0.25) is 4.98 Å². The zero-order valence-electron chi connectivity index (χ0n) is 13.6. The van der Waals surface area contributed by atoms with Crippen LogP contribution in [0.25, 0.3) is 22.4 Å². The van der Waals surface area contributed by atoms with Crippen LogP contribution in [0, 0.1) is 6.92 Å². The first-order valence-electron chi connectivity index (χ1n) is 8.33. The van der Waals surface area contributed by atoms with Gasteiger partial charge in [0.05, 0.1) is 17.5 Å². The van der Waals surface area contributed by atoms with E-state index in [0.717, 1.165) is 53.8 Å². The first kappa shape index (κ1) is 15.1. The summed E-state index contributed by atoms with van der Waals surface area (Å²) in [6, 6.07) is 6.21. The van der Waals surface area contributed by atoms with Gasteiger partial charge >= 0.3 is 0 Å². The molecule has 0 spiro atoms. The van der Waals surface area contributed by atoms with E-state index in [1.54, 1.807) is 12.4 Å². The second kappa shape index (κ2) is 6.20. The van der Waals surface area contributed by atoms with E-state index in [-0.39, 0.29) is 6.10 Å². The maximum Gasteiger partial charge on any atom is 0.208 e. The van der Waals surface area contributed by atoms with Crippen LogP contribution in [0.1, 0.15) is 31.4 Å². The number of anilines is 1. The molecule has 1 aliphatic carbocycles. The van der Waals surface area contributed by atoms with Gasteiger partial charge in [0.1, 0.15) is 11.2 Å². The molecule has 4 rings (SSSR count). The predicted molar refractivity (Wildman–Crippen MR) is 91.7 cm³/mol. The predicted octanol–water partition coefficient (Wildman–Crippen LogP) is 3.31. The van der Waals surface area contributed by atoms with E-state index in [1.807, 2.05) is 25.1 Å². The van der Waals surface area contributed by atoms with Crippen LogP contribution in [0.2, 0.25) is 0 Å². The number of aromatic nitrogens is 3. The molecular formula is C18H20N4O2. The highest BCUT2D eigenvalue weighted by molar-refractivity contribution is 5.90. The monoisotopic (exact) mass is 324 g/mol. The number of aryl methyl sites for hydroxylation is 1. The molecule has 0 radical (unpaired) electrons. The Labute approximate surface area is 139 Å². The largest absolute Gasteiger partial charge is 0.393 e. The van der Waals surface area contributed by atoms with Crippen molar-refractivity contribution in [3.8, 4) is 11.3 Å². The molecule has 124 valence electrons. The maximum absolute atomic E-state index is 9.69. The van der Waals surface area contributed by atoms with Gasteiger partial charge in [0.15, 0.2) is 0 Å². The van der Waals surface area contributed by atoms with E-state index in [9.17, 15) is 5.11 Å². The summed E-state index contributed by atoms with van der Waals surface area (Å²) in [6.07, 6.45) is 6.93. The third kappa shape index (κ3) is 2.85. The van der Waals surface area contributed by atoms with Crippen LogP contribution in [0.4, 0.5) is 5.69 Å². The number of fused-ring (bicyclic) bond motifs is 1. The van der Waals surface area contributed by atoms with Gasteiger partial charge in [-0.05, 0) is 50.8 Å². The highest BCUT2D eigenvalue weighted by atomic mass is 16.5. The number of nitrogens with zero attached hydrogens (tertiary/aromatic N) is 3. The molecule has 0 aliphatic heterocycles. The van der Waals surface area contributed by atoms with Crippen molar-refractivity contribution in [2.45, 2.75) is 44.8 Å². The lowest BCUT2D eigenvalue weighted by atomic mass is 9.93. The van der Waals surface area contributed by atoms with Crippen molar-refractivity contribution < 1.29 is 9.63 Å². The Kier molecular flexibility index (Phi) is 3.90. The van der Waals surface area contributed by atoms with Crippen molar-refractivity contribution in [3.05, 3.63) is 36.3 Å². The van der Waals surface area contributed by atoms with Crippen LogP contribution in [0.3, 0.4) is 0 Å². The molecule has 0 bridgehead atoms. The topological polar surface area (TPSA) is 84.1 Å². The third-order valence-corrected chi connectivity index (χ3v) is 4.60. The van der Waals surface area contributed by atoms with E-state index in [2.05, 4.69) is 15.5 Å². The molecule has 6 nitrogen and oxygen atoms in total. The van der Waals surface area contributed by atoms with E-state index < -0.39 is 0 Å². The minimum absolute atomic E-state index is 0.168. The average molecular weight is 324 g/mol. The molecule has 1 saturated carbocycles. The van der Waals surface area contributed by atoms with Crippen molar-refractivity contribution in [1.82, 2.24) is 15.1 Å². The van der Waals surface area contributed by atoms with Crippen LogP contribution >= 0.6 is 0 Å². The SMILES string of the molecule is Cc1noc2c(NC3CCC(O)CC3)cc(-c3cccnc3)nc12. The first-order valence-corrected chi connectivity index (χ1v) is 8.33. The summed E-state index contributed by atoms with van der Waals surface area (Å²) >= 11 is 0. The quantitative estimate of drug-likeness (QED) is 0.769. The Bertz CT molecular complexity index is 839. The molecule has 0 unspecified atom stereocenters. The molecular weight excluding hydrogens is 304 g/mol. The molecule has 3 aromatic heterocycles. The zero-order valence-corrected chi connectivity index (χ0v) is 13.6. The van der Waals surface area contributed by atoms with Crippen LogP contribution in [-0.2, 0) is 0 Å². The van der Waals surface area contributed by atoms with Gasteiger partial charge in [-0.1, -0.05) is 5.16 Å². The fourth-order valence-electron chi connectivity index (χ4n) is 3.24. The molecule has 0 atom stereocenters. The minimum Gasteiger partial charge on any atom is -0.393 e. The minimum atomic E-state index is -0.168. The third-order valence-electron chi connectivity index (χ3n) is 4.60. The molecule has 0 saturated heterocycles. The summed E-state index contributed by atoms with van der Waals surface area (Å²) < 4.78 is 5.49. The molecule has 1 aliphatic rings. The van der Waals surface area contributed by atoms with Gasteiger partial charge in [-0.25, -0.2) is 4.98 Å². The zero-order chi connectivity index (χ0) is 16.5. The molecule has 6 heteroatoms. The lowest BCUT2D eigenvalue weighted by molar-refractivity contribution is 0.126. The van der Waals surface area contributed by atoms with Gasteiger partial charge in [0.2, 0.25) is 5.58 Å². The standard InChI is InChI=1S/C18H20N4O2/c1-11-17-18(24-22-11)16(20-13-4-6-14(23)7-5-13)9-15(21-17)12-3-2-8-19-10-12/h2-3,8-10,13-14,23H,4-7H2,1H3,(H,20,21). The van der Waals surface area contributed by atoms with Gasteiger partial charge in [-0.15, -0.1) is 0 Å². The Balaban J connectivity index is 1.73. The highest BCUT2D eigenvalue weighted by Gasteiger charge is 2.22. The van der Waals surface area contributed by atoms with Crippen molar-refractivity contribution in [2.75, 3.05) is 5.32 Å². The summed E-state index contributed by atoms with van der Waals surface area (Å²) in [4.78, 5) is 8.87. The summed E-state index contributed by atoms with van der Waals surface area (Å²) in [5, 5.41) is 17.3. The molecule has 3 heterocycles. The molecule has 24 heavy (non-hydrogen) atoms. The molecule has 1 fully saturated rings. The molecule has 0 aromatic carbocycles. The van der Waals surface area contributed by atoms with Gasteiger partial charge in [0, 0.05) is 24.0 Å². The summed E-state index contributed by atoms with van der Waals surface area (Å²) in [7, 11) is 0. The number of aliphatic hydroxyl groups is 1. The van der Waals surface area contributed by atoms with E-state index >= 15 is 0 Å². The Hall–Kier alpha value is -2.47. The first-order chi connectivity index (χ1) is 11.7. The highest BCUT2D eigenvalue weighted by Crippen LogP contribution is 2.32. The van der Waals surface area contributed by atoms with Crippen molar-refractivity contribution in [2.24, 2.45) is 0 Å². The molecule has 0 amide bonds. The second-order valence-electron chi connectivity index (χ2n) is 6.39. The van der Waals surface area contributed by atoms with Crippen LogP contribution in [0.5, 0.6) is 0 Å². The van der Waals surface area contributed by atoms with Crippen molar-refractivity contribution >= 4 is 16.8 Å². The second-order valence-corrected chi connectivity index (χ2v) is 6.39. The van der Waals surface area contributed by atoms with Crippen LogP contribution in [-0.4, -0.2) is 32.4 Å². The number of aliphatic hydroxyl groups excluding tert-OH is 1. The van der Waals surface area contributed by atoms with Crippen LogP contribution in [0.15, 0.2) is 35.1 Å². The van der Waals surface area contributed by atoms with Crippen LogP contribution < -0.4 is 5.32 Å². The number of hydrogen-bond donors (Lipinski definition) is 2. The molecule has 3 aromatic rings. The summed E-state index contributed by atoms with van der Waals surface area (Å²) in [6.45, 7) is 1.90. The summed E-state index contributed by atoms with van der Waals surface area (Å²) in [5.41, 5.74) is 4.95. The average Bonchev–Trinajstić information content (AvgIpc) is 2.99. The van der Waals surface area contributed by atoms with Crippen molar-refractivity contribution in [1.29, 1.82) is 0 Å². The maximum atomic E-state index is 9.69. The van der Waals surface area contributed by atoms with E-state index in [4.69, 9.17) is 9.51 Å². The molecule has 2 N–H and O–H groups in total. The van der Waals surface area contributed by atoms with Gasteiger partial charge in [-0.2, -0.15) is 0 Å². The Morgan fingerprint density at radius 3 is 2.83 bits per heavy atom. The number of nitrogens with one attached hydrogen (secondary N) is 1. The number of pyridine rings is 2. The lowest BCUT2D eigenvalue weighted by Gasteiger charge is -2.27. The van der Waals surface area contributed by atoms with Crippen molar-refractivity contribution in [3.63, 3.8) is 0 Å². The fourth-order valence-corrected chi connectivity index (χ4v) is 3.24. The van der Waals surface area contributed by atoms with Gasteiger partial charge < -0.3 is 14.9 Å². The Morgan fingerprint density at radius 1 is 1.25 bits per heavy atom. The lowest BCUT2D eigenvalue weighted by Crippen LogP contribution is -2.28. The smallest absolute Gasteiger partial charge is 0.208 e. The van der Waals surface area contributed by atoms with E-state index in [1.165, 1.54) is 0 Å². The fraction of sp³-hybridized carbons (Fsp3) is 0.389.